The molecule has 24 heavy (non-hydrogen) atoms. The minimum Gasteiger partial charge on any atom is -0.385 e. The molecule has 0 bridgehead atoms. The first kappa shape index (κ1) is 16.3. The highest BCUT2D eigenvalue weighted by atomic mass is 16.3. The minimum atomic E-state index is -0.844. The monoisotopic (exact) mass is 328 g/mol. The molecular weight excluding hydrogens is 300 g/mol. The number of hydrogen-bond donors (Lipinski definition) is 1. The van der Waals surface area contributed by atoms with Gasteiger partial charge in [0.25, 0.3) is 0 Å². The fraction of sp³-hybridized carbons (Fsp3) is 0.714. The number of fused-ring (bicyclic) bond motifs is 5. The maximum absolute atomic E-state index is 12.2. The molecule has 4 aliphatic carbocycles. The SMILES string of the molecule is CC(=O)[C@H]1CC[C@H]2[C@]3(O)C=CC4=CC(=O)CC[C@]4(C)[C@H]3CC[C@]12C. The van der Waals surface area contributed by atoms with Crippen LogP contribution in [0.2, 0.25) is 0 Å². The smallest absolute Gasteiger partial charge is 0.156 e. The summed E-state index contributed by atoms with van der Waals surface area (Å²) in [5, 5.41) is 11.8. The molecule has 130 valence electrons. The summed E-state index contributed by atoms with van der Waals surface area (Å²) in [6.07, 6.45) is 10.9. The summed E-state index contributed by atoms with van der Waals surface area (Å²) in [4.78, 5) is 24.0. The van der Waals surface area contributed by atoms with E-state index in [1.54, 1.807) is 13.0 Å². The molecule has 0 aromatic rings. The lowest BCUT2D eigenvalue weighted by molar-refractivity contribution is -0.152. The van der Waals surface area contributed by atoms with E-state index in [1.165, 1.54) is 0 Å². The van der Waals surface area contributed by atoms with E-state index >= 15 is 0 Å². The van der Waals surface area contributed by atoms with Gasteiger partial charge in [-0.15, -0.1) is 0 Å². The van der Waals surface area contributed by atoms with Gasteiger partial charge in [-0.05, 0) is 67.4 Å². The number of carbonyl (C=O) groups excluding carboxylic acids is 2. The first-order valence-corrected chi connectivity index (χ1v) is 9.39. The van der Waals surface area contributed by atoms with Crippen LogP contribution in [-0.4, -0.2) is 22.3 Å². The molecular formula is C21H28O3. The Bertz CT molecular complexity index is 675. The fourth-order valence-electron chi connectivity index (χ4n) is 6.78. The fourth-order valence-corrected chi connectivity index (χ4v) is 6.78. The summed E-state index contributed by atoms with van der Waals surface area (Å²) in [5.74, 6) is 0.856. The van der Waals surface area contributed by atoms with Gasteiger partial charge in [-0.2, -0.15) is 0 Å². The lowest BCUT2D eigenvalue weighted by atomic mass is 9.46. The molecule has 0 spiro atoms. The maximum Gasteiger partial charge on any atom is 0.156 e. The Hall–Kier alpha value is -1.22. The first-order valence-electron chi connectivity index (χ1n) is 9.39. The van der Waals surface area contributed by atoms with Crippen LogP contribution in [0.5, 0.6) is 0 Å². The molecule has 1 N–H and O–H groups in total. The molecule has 3 heteroatoms. The highest BCUT2D eigenvalue weighted by Crippen LogP contribution is 2.66. The van der Waals surface area contributed by atoms with Crippen LogP contribution in [0, 0.1) is 28.6 Å². The highest BCUT2D eigenvalue weighted by Gasteiger charge is 2.64. The highest BCUT2D eigenvalue weighted by molar-refractivity contribution is 5.92. The van der Waals surface area contributed by atoms with Crippen LogP contribution >= 0.6 is 0 Å². The van der Waals surface area contributed by atoms with Crippen molar-refractivity contribution in [1.82, 2.24) is 0 Å². The van der Waals surface area contributed by atoms with E-state index in [9.17, 15) is 14.7 Å². The molecule has 0 aliphatic heterocycles. The van der Waals surface area contributed by atoms with Crippen LogP contribution in [0.3, 0.4) is 0 Å². The largest absolute Gasteiger partial charge is 0.385 e. The van der Waals surface area contributed by atoms with Crippen LogP contribution in [0.1, 0.15) is 59.3 Å². The Morgan fingerprint density at radius 3 is 2.62 bits per heavy atom. The zero-order chi connectivity index (χ0) is 17.3. The molecule has 2 fully saturated rings. The van der Waals surface area contributed by atoms with E-state index in [2.05, 4.69) is 13.8 Å². The van der Waals surface area contributed by atoms with Crippen LogP contribution in [0.15, 0.2) is 23.8 Å². The van der Waals surface area contributed by atoms with Crippen molar-refractivity contribution >= 4 is 11.6 Å². The third-order valence-corrected chi connectivity index (χ3v) is 8.08. The van der Waals surface area contributed by atoms with Crippen molar-refractivity contribution in [2.45, 2.75) is 64.9 Å². The predicted octanol–water partition coefficient (Wildman–Crippen LogP) is 3.61. The standard InChI is InChI=1S/C21H28O3/c1-13(22)16-4-5-17-20(16,3)10-8-18-19(2)9-7-15(23)12-14(19)6-11-21(17,18)24/h6,11-12,16-18,24H,4-5,7-10H2,1-3H3/t16-,17-,18-,19+,20-,21-/m1/s1. The van der Waals surface area contributed by atoms with Crippen LogP contribution in [-0.2, 0) is 9.59 Å². The van der Waals surface area contributed by atoms with Crippen LogP contribution in [0.4, 0.5) is 0 Å². The van der Waals surface area contributed by atoms with Gasteiger partial charge in [0.05, 0.1) is 5.60 Å². The van der Waals surface area contributed by atoms with Gasteiger partial charge in [0.1, 0.15) is 5.78 Å². The normalized spacial score (nSPS) is 49.9. The van der Waals surface area contributed by atoms with Gasteiger partial charge in [0.15, 0.2) is 5.78 Å². The summed E-state index contributed by atoms with van der Waals surface area (Å²) in [6.45, 7) is 6.15. The number of ketones is 2. The molecule has 0 heterocycles. The van der Waals surface area contributed by atoms with E-state index in [0.29, 0.717) is 6.42 Å². The third-order valence-electron chi connectivity index (χ3n) is 8.08. The van der Waals surface area contributed by atoms with E-state index < -0.39 is 5.60 Å². The second-order valence-corrected chi connectivity index (χ2v) is 9.09. The maximum atomic E-state index is 12.2. The second-order valence-electron chi connectivity index (χ2n) is 9.09. The number of carbonyl (C=O) groups is 2. The summed E-state index contributed by atoms with van der Waals surface area (Å²) < 4.78 is 0. The first-order chi connectivity index (χ1) is 11.2. The van der Waals surface area contributed by atoms with Gasteiger partial charge in [-0.1, -0.05) is 26.0 Å². The lowest BCUT2D eigenvalue weighted by Crippen LogP contribution is -2.60. The second kappa shape index (κ2) is 4.91. The number of aliphatic hydroxyl groups is 1. The number of hydrogen-bond acceptors (Lipinski definition) is 3. The topological polar surface area (TPSA) is 54.4 Å². The molecule has 6 atom stereocenters. The third kappa shape index (κ3) is 1.88. The minimum absolute atomic E-state index is 0.0820. The Balaban J connectivity index is 1.79. The van der Waals surface area contributed by atoms with Crippen molar-refractivity contribution in [1.29, 1.82) is 0 Å². The molecule has 0 saturated heterocycles. The Labute approximate surface area is 144 Å². The molecule has 0 unspecified atom stereocenters. The lowest BCUT2D eigenvalue weighted by Gasteiger charge is -2.59. The summed E-state index contributed by atoms with van der Waals surface area (Å²) in [7, 11) is 0. The van der Waals surface area contributed by atoms with Gasteiger partial charge < -0.3 is 5.11 Å². The average molecular weight is 328 g/mol. The van der Waals surface area contributed by atoms with Crippen LogP contribution < -0.4 is 0 Å². The summed E-state index contributed by atoms with van der Waals surface area (Å²) >= 11 is 0. The van der Waals surface area contributed by atoms with Gasteiger partial charge in [0.2, 0.25) is 0 Å². The molecule has 0 radical (unpaired) electrons. The average Bonchev–Trinajstić information content (AvgIpc) is 2.87. The van der Waals surface area contributed by atoms with Crippen molar-refractivity contribution in [2.75, 3.05) is 0 Å². The van der Waals surface area contributed by atoms with Crippen molar-refractivity contribution in [2.24, 2.45) is 28.6 Å². The molecule has 4 rings (SSSR count). The molecule has 4 aliphatic rings. The Morgan fingerprint density at radius 2 is 1.92 bits per heavy atom. The Kier molecular flexibility index (Phi) is 3.32. The van der Waals surface area contributed by atoms with Gasteiger partial charge in [-0.25, -0.2) is 0 Å². The van der Waals surface area contributed by atoms with Gasteiger partial charge in [0, 0.05) is 18.3 Å². The van der Waals surface area contributed by atoms with Crippen molar-refractivity contribution < 1.29 is 14.7 Å². The zero-order valence-corrected chi connectivity index (χ0v) is 15.0. The van der Waals surface area contributed by atoms with Crippen molar-refractivity contribution in [3.63, 3.8) is 0 Å². The zero-order valence-electron chi connectivity index (χ0n) is 15.0. The van der Waals surface area contributed by atoms with Gasteiger partial charge >= 0.3 is 0 Å². The number of rotatable bonds is 1. The molecule has 2 saturated carbocycles. The quantitative estimate of drug-likeness (QED) is 0.800. The molecule has 0 aromatic heterocycles. The molecule has 3 nitrogen and oxygen atoms in total. The Morgan fingerprint density at radius 1 is 1.17 bits per heavy atom. The number of allylic oxidation sites excluding steroid dienone is 3. The molecule has 0 amide bonds. The van der Waals surface area contributed by atoms with E-state index in [4.69, 9.17) is 0 Å². The van der Waals surface area contributed by atoms with Crippen molar-refractivity contribution in [3.05, 3.63) is 23.8 Å². The van der Waals surface area contributed by atoms with E-state index in [1.807, 2.05) is 12.2 Å². The van der Waals surface area contributed by atoms with Gasteiger partial charge in [-0.3, -0.25) is 9.59 Å². The van der Waals surface area contributed by atoms with Crippen LogP contribution in [0.25, 0.3) is 0 Å². The van der Waals surface area contributed by atoms with E-state index in [-0.39, 0.29) is 40.2 Å². The van der Waals surface area contributed by atoms with E-state index in [0.717, 1.165) is 37.7 Å². The summed E-state index contributed by atoms with van der Waals surface area (Å²) in [5.41, 5.74) is 0.0402. The van der Waals surface area contributed by atoms with Crippen molar-refractivity contribution in [3.8, 4) is 0 Å². The summed E-state index contributed by atoms with van der Waals surface area (Å²) in [6, 6.07) is 0. The predicted molar refractivity (Wildman–Crippen MR) is 92.2 cm³/mol. The number of Topliss-reactive ketones (excluding diaryl/α,β-unsaturated/α-hetero) is 1. The molecule has 0 aromatic carbocycles.